The summed E-state index contributed by atoms with van der Waals surface area (Å²) in [6, 6.07) is 3.81. The van der Waals surface area contributed by atoms with Crippen LogP contribution in [0.25, 0.3) is 10.1 Å². The molecule has 0 unspecified atom stereocenters. The van der Waals surface area contributed by atoms with E-state index in [1.54, 1.807) is 24.3 Å². The minimum atomic E-state index is -4.58. The van der Waals surface area contributed by atoms with Gasteiger partial charge in [-0.2, -0.15) is 13.2 Å². The van der Waals surface area contributed by atoms with Gasteiger partial charge in [-0.3, -0.25) is 28.7 Å². The lowest BCUT2D eigenvalue weighted by molar-refractivity contribution is -0.146. The molecule has 1 saturated heterocycles. The molecule has 0 bridgehead atoms. The van der Waals surface area contributed by atoms with E-state index < -0.39 is 93.4 Å². The number of hydrogen-bond donors (Lipinski definition) is 4. The van der Waals surface area contributed by atoms with Gasteiger partial charge >= 0.3 is 6.18 Å². The summed E-state index contributed by atoms with van der Waals surface area (Å²) in [6.45, 7) is -0.196. The van der Waals surface area contributed by atoms with Crippen molar-refractivity contribution in [3.05, 3.63) is 46.3 Å². The van der Waals surface area contributed by atoms with Crippen LogP contribution in [0.15, 0.2) is 36.4 Å². The number of fused-ring (bicyclic) bond motifs is 3. The quantitative estimate of drug-likeness (QED) is 0.292. The fraction of sp³-hybridized carbons (Fsp3) is 0.559. The lowest BCUT2D eigenvalue weighted by atomic mass is 10.0. The van der Waals surface area contributed by atoms with Crippen LogP contribution in [0.3, 0.4) is 0 Å². The van der Waals surface area contributed by atoms with Gasteiger partial charge in [0.25, 0.3) is 11.8 Å². The highest BCUT2D eigenvalue weighted by Crippen LogP contribution is 2.46. The first kappa shape index (κ1) is 38.0. The summed E-state index contributed by atoms with van der Waals surface area (Å²) in [5.74, 6) is -4.44. The molecule has 0 spiro atoms. The predicted octanol–water partition coefficient (Wildman–Crippen LogP) is 4.08. The number of halogens is 4. The molecular weight excluding hydrogens is 747 g/mol. The molecule has 1 aromatic heterocycles. The highest BCUT2D eigenvalue weighted by atomic mass is 35.5. The summed E-state index contributed by atoms with van der Waals surface area (Å²) in [5.41, 5.74) is -1.61. The van der Waals surface area contributed by atoms with E-state index in [2.05, 4.69) is 20.7 Å². The number of carbonyl (C=O) groups excluding carboxylic acids is 5. The average molecular weight is 786 g/mol. The maximum absolute atomic E-state index is 14.2. The van der Waals surface area contributed by atoms with Crippen LogP contribution < -0.4 is 20.7 Å². The Bertz CT molecular complexity index is 1900. The van der Waals surface area contributed by atoms with E-state index in [1.165, 1.54) is 16.2 Å². The fourth-order valence-electron chi connectivity index (χ4n) is 6.84. The molecule has 2 aromatic rings. The maximum atomic E-state index is 14.2. The number of nitrogens with one attached hydrogen (secondary N) is 4. The normalized spacial score (nSPS) is 27.7. The third-order valence-corrected chi connectivity index (χ3v) is 13.4. The Morgan fingerprint density at radius 1 is 1.06 bits per heavy atom. The van der Waals surface area contributed by atoms with Gasteiger partial charge in [-0.15, -0.1) is 11.3 Å². The van der Waals surface area contributed by atoms with Crippen LogP contribution in [0.2, 0.25) is 5.02 Å². The van der Waals surface area contributed by atoms with Gasteiger partial charge in [0, 0.05) is 35.0 Å². The molecule has 2 saturated carbocycles. The highest BCUT2D eigenvalue weighted by molar-refractivity contribution is 7.91. The van der Waals surface area contributed by atoms with Crippen LogP contribution in [-0.2, 0) is 29.2 Å². The van der Waals surface area contributed by atoms with Crippen LogP contribution in [0.1, 0.15) is 80.3 Å². The first-order valence-electron chi connectivity index (χ1n) is 17.3. The summed E-state index contributed by atoms with van der Waals surface area (Å²) in [4.78, 5) is 69.5. The Morgan fingerprint density at radius 3 is 2.52 bits per heavy atom. The van der Waals surface area contributed by atoms with Crippen LogP contribution in [0.4, 0.5) is 13.2 Å². The maximum Gasteiger partial charge on any atom is 0.389 e. The molecule has 5 atom stereocenters. The van der Waals surface area contributed by atoms with Gasteiger partial charge < -0.3 is 20.9 Å². The van der Waals surface area contributed by atoms with Crippen LogP contribution in [0, 0.1) is 5.92 Å². The average Bonchev–Trinajstić information content (AvgIpc) is 3.99. The molecule has 5 amide bonds. The Morgan fingerprint density at radius 2 is 1.81 bits per heavy atom. The lowest BCUT2D eigenvalue weighted by Crippen LogP contribution is -2.58. The minimum Gasteiger partial charge on any atom is -0.347 e. The van der Waals surface area contributed by atoms with Gasteiger partial charge in [0.1, 0.15) is 22.5 Å². The monoisotopic (exact) mass is 785 g/mol. The van der Waals surface area contributed by atoms with Crippen LogP contribution in [-0.4, -0.2) is 84.5 Å². The zero-order valence-electron chi connectivity index (χ0n) is 28.0. The second kappa shape index (κ2) is 15.0. The van der Waals surface area contributed by atoms with Gasteiger partial charge in [-0.1, -0.05) is 54.8 Å². The molecule has 2 aliphatic heterocycles. The topological polar surface area (TPSA) is 171 Å². The molecule has 52 heavy (non-hydrogen) atoms. The first-order valence-corrected chi connectivity index (χ1v) is 20.0. The van der Waals surface area contributed by atoms with E-state index in [4.69, 9.17) is 11.6 Å². The number of rotatable bonds is 8. The standard InChI is InChI=1S/C34H39ClF3N5O7S2/c35-27-22-9-6-7-11-25(22)51-28(27)30(46)39-20-16-24-29(45)41-33(32(48)42-52(49,50)21-12-13-21)17-19(33)8-4-2-1-3-5-10-23(31(47)43(24)18-20)40-26(44)14-15-34(36,37)38/h4,6-9,11,19-21,23-24H,1-3,5,10,12-18H2,(H,39,46)(H,40,44)(H,41,45)(H,42,48)/b8-4-/t19-,20-,23+,24+,33-/m1/s1. The zero-order valence-corrected chi connectivity index (χ0v) is 30.4. The molecule has 4 N–H and O–H groups in total. The zero-order chi connectivity index (χ0) is 37.4. The molecule has 3 heterocycles. The second-order valence-corrected chi connectivity index (χ2v) is 17.3. The van der Waals surface area contributed by atoms with Gasteiger partial charge in [0.05, 0.1) is 16.7 Å². The largest absolute Gasteiger partial charge is 0.389 e. The number of carbonyl (C=O) groups is 5. The van der Waals surface area contributed by atoms with Crippen molar-refractivity contribution in [1.29, 1.82) is 0 Å². The molecule has 18 heteroatoms. The Balaban J connectivity index is 1.27. The van der Waals surface area contributed by atoms with Crippen molar-refractivity contribution in [3.8, 4) is 0 Å². The van der Waals surface area contributed by atoms with Crippen molar-refractivity contribution < 1.29 is 45.6 Å². The van der Waals surface area contributed by atoms with E-state index in [0.717, 1.165) is 4.70 Å². The van der Waals surface area contributed by atoms with E-state index in [9.17, 15) is 45.6 Å². The molecule has 282 valence electrons. The third-order valence-electron chi connectivity index (χ3n) is 9.93. The summed E-state index contributed by atoms with van der Waals surface area (Å²) in [6.07, 6.45) is -0.0291. The first-order chi connectivity index (χ1) is 24.6. The van der Waals surface area contributed by atoms with Crippen molar-refractivity contribution >= 4 is 72.6 Å². The summed E-state index contributed by atoms with van der Waals surface area (Å²) in [7, 11) is -3.96. The molecule has 1 aromatic carbocycles. The number of thiophene rings is 1. The molecule has 12 nitrogen and oxygen atoms in total. The molecule has 3 fully saturated rings. The van der Waals surface area contributed by atoms with E-state index >= 15 is 0 Å². The van der Waals surface area contributed by atoms with Crippen molar-refractivity contribution in [2.75, 3.05) is 6.54 Å². The Kier molecular flexibility index (Phi) is 11.0. The summed E-state index contributed by atoms with van der Waals surface area (Å²) < 4.78 is 67.0. The number of allylic oxidation sites excluding steroid dienone is 1. The van der Waals surface area contributed by atoms with Crippen LogP contribution in [0.5, 0.6) is 0 Å². The van der Waals surface area contributed by atoms with E-state index in [0.29, 0.717) is 43.9 Å². The highest BCUT2D eigenvalue weighted by Gasteiger charge is 2.62. The molecule has 4 aliphatic rings. The molecule has 0 radical (unpaired) electrons. The SMILES string of the molecule is O=C(CCC(F)(F)F)N[C@H]1CCCCC/C=C\[C@@H]2C[C@@]2(C(=O)NS(=O)(=O)C2CC2)NC(=O)[C@@H]2C[C@@H](NC(=O)c3sc4ccccc4c3Cl)CN2C1=O. The second-order valence-electron chi connectivity index (χ2n) is 13.9. The number of hydrogen-bond acceptors (Lipinski definition) is 8. The fourth-order valence-corrected chi connectivity index (χ4v) is 9.62. The smallest absolute Gasteiger partial charge is 0.347 e. The van der Waals surface area contributed by atoms with Gasteiger partial charge in [0.2, 0.25) is 27.7 Å². The minimum absolute atomic E-state index is 0.0908. The Labute approximate surface area is 307 Å². The van der Waals surface area contributed by atoms with Crippen molar-refractivity contribution in [3.63, 3.8) is 0 Å². The van der Waals surface area contributed by atoms with Gasteiger partial charge in [0.15, 0.2) is 0 Å². The predicted molar refractivity (Wildman–Crippen MR) is 187 cm³/mol. The summed E-state index contributed by atoms with van der Waals surface area (Å²) >= 11 is 7.70. The number of benzene rings is 1. The third kappa shape index (κ3) is 8.57. The number of amides is 5. The van der Waals surface area contributed by atoms with Crippen molar-refractivity contribution in [2.24, 2.45) is 5.92 Å². The van der Waals surface area contributed by atoms with E-state index in [1.807, 2.05) is 12.1 Å². The van der Waals surface area contributed by atoms with Gasteiger partial charge in [-0.25, -0.2) is 8.42 Å². The number of alkyl halides is 3. The lowest BCUT2D eigenvalue weighted by Gasteiger charge is -2.30. The molecule has 2 aliphatic carbocycles. The molecular formula is C34H39ClF3N5O7S2. The van der Waals surface area contributed by atoms with Crippen molar-refractivity contribution in [2.45, 2.75) is 106 Å². The van der Waals surface area contributed by atoms with Crippen LogP contribution >= 0.6 is 22.9 Å². The Hall–Kier alpha value is -3.70. The molecule has 6 rings (SSSR count). The summed E-state index contributed by atoms with van der Waals surface area (Å²) in [5, 5.41) is 8.24. The number of nitrogens with zero attached hydrogens (tertiary/aromatic N) is 1. The number of sulfonamides is 1. The van der Waals surface area contributed by atoms with E-state index in [-0.39, 0.29) is 35.7 Å². The van der Waals surface area contributed by atoms with Crippen molar-refractivity contribution in [1.82, 2.24) is 25.6 Å². The van der Waals surface area contributed by atoms with Gasteiger partial charge in [-0.05, 0) is 51.0 Å².